The molecule has 0 aliphatic rings. The van der Waals surface area contributed by atoms with Gasteiger partial charge in [-0.2, -0.15) is 0 Å². The van der Waals surface area contributed by atoms with E-state index in [4.69, 9.17) is 11.6 Å². The minimum absolute atomic E-state index is 0.0362. The Morgan fingerprint density at radius 2 is 1.67 bits per heavy atom. The number of benzene rings is 3. The molecule has 0 heterocycles. The van der Waals surface area contributed by atoms with E-state index in [1.165, 1.54) is 0 Å². The zero-order valence-corrected chi connectivity index (χ0v) is 23.6. The van der Waals surface area contributed by atoms with Crippen LogP contribution in [0.15, 0.2) is 88.2 Å². The van der Waals surface area contributed by atoms with E-state index in [9.17, 15) is 9.59 Å². The molecule has 4 nitrogen and oxygen atoms in total. The standard InChI is InChI=1S/C29H32BrClN2O2S/c1-2-3-18-32-29(35)27(20-22-7-5-4-6-8-22)33(21-23-9-11-24(30)12-10-23)28(34)17-19-36-26-15-13-25(31)14-16-26/h4-16,27H,2-3,17-21H2,1H3,(H,32,35). The largest absolute Gasteiger partial charge is 0.354 e. The minimum Gasteiger partial charge on any atom is -0.354 e. The summed E-state index contributed by atoms with van der Waals surface area (Å²) in [4.78, 5) is 29.8. The number of rotatable bonds is 13. The van der Waals surface area contributed by atoms with Crippen molar-refractivity contribution in [2.24, 2.45) is 0 Å². The third kappa shape index (κ3) is 9.30. The number of unbranched alkanes of at least 4 members (excludes halogenated alkanes) is 1. The zero-order chi connectivity index (χ0) is 25.8. The molecule has 1 unspecified atom stereocenters. The van der Waals surface area contributed by atoms with Crippen LogP contribution < -0.4 is 5.32 Å². The first kappa shape index (κ1) is 28.3. The van der Waals surface area contributed by atoms with E-state index in [0.29, 0.717) is 36.7 Å². The van der Waals surface area contributed by atoms with Gasteiger partial charge >= 0.3 is 0 Å². The second kappa shape index (κ2) is 15.1. The van der Waals surface area contributed by atoms with Gasteiger partial charge in [-0.15, -0.1) is 11.8 Å². The van der Waals surface area contributed by atoms with Gasteiger partial charge in [0.05, 0.1) is 0 Å². The molecular weight excluding hydrogens is 556 g/mol. The van der Waals surface area contributed by atoms with E-state index < -0.39 is 6.04 Å². The monoisotopic (exact) mass is 586 g/mol. The Labute approximate surface area is 231 Å². The van der Waals surface area contributed by atoms with Crippen molar-refractivity contribution in [3.63, 3.8) is 0 Å². The van der Waals surface area contributed by atoms with Crippen LogP contribution in [0.3, 0.4) is 0 Å². The summed E-state index contributed by atoms with van der Waals surface area (Å²) in [6.07, 6.45) is 2.69. The van der Waals surface area contributed by atoms with Crippen molar-refractivity contribution in [2.75, 3.05) is 12.3 Å². The minimum atomic E-state index is -0.596. The molecule has 7 heteroatoms. The highest BCUT2D eigenvalue weighted by Gasteiger charge is 2.30. The predicted octanol–water partition coefficient (Wildman–Crippen LogP) is 7.14. The van der Waals surface area contributed by atoms with Crippen LogP contribution in [0.5, 0.6) is 0 Å². The number of amides is 2. The summed E-state index contributed by atoms with van der Waals surface area (Å²) in [6.45, 7) is 3.07. The highest BCUT2D eigenvalue weighted by Crippen LogP contribution is 2.23. The summed E-state index contributed by atoms with van der Waals surface area (Å²) in [7, 11) is 0. The summed E-state index contributed by atoms with van der Waals surface area (Å²) in [5.74, 6) is 0.473. The van der Waals surface area contributed by atoms with Crippen molar-refractivity contribution in [2.45, 2.75) is 50.1 Å². The topological polar surface area (TPSA) is 49.4 Å². The molecule has 1 atom stereocenters. The third-order valence-corrected chi connectivity index (χ3v) is 7.56. The Balaban J connectivity index is 1.81. The number of carbonyl (C=O) groups excluding carboxylic acids is 2. The van der Waals surface area contributed by atoms with Gasteiger partial charge in [-0.1, -0.05) is 83.3 Å². The molecule has 0 saturated carbocycles. The van der Waals surface area contributed by atoms with Crippen LogP contribution in [-0.4, -0.2) is 35.1 Å². The van der Waals surface area contributed by atoms with Crippen molar-refractivity contribution in [1.29, 1.82) is 0 Å². The lowest BCUT2D eigenvalue weighted by molar-refractivity contribution is -0.141. The number of hydrogen-bond donors (Lipinski definition) is 1. The van der Waals surface area contributed by atoms with Gasteiger partial charge in [0.1, 0.15) is 6.04 Å². The van der Waals surface area contributed by atoms with Crippen molar-refractivity contribution < 1.29 is 9.59 Å². The molecule has 0 aliphatic carbocycles. The van der Waals surface area contributed by atoms with Crippen LogP contribution in [0.25, 0.3) is 0 Å². The molecule has 0 bridgehead atoms. The van der Waals surface area contributed by atoms with E-state index in [-0.39, 0.29) is 11.8 Å². The third-order valence-electron chi connectivity index (χ3n) is 5.77. The van der Waals surface area contributed by atoms with Gasteiger partial charge in [-0.3, -0.25) is 9.59 Å². The molecule has 0 radical (unpaired) electrons. The van der Waals surface area contributed by atoms with Crippen molar-refractivity contribution in [1.82, 2.24) is 10.2 Å². The van der Waals surface area contributed by atoms with Crippen LogP contribution in [0.2, 0.25) is 5.02 Å². The average Bonchev–Trinajstić information content (AvgIpc) is 2.89. The zero-order valence-electron chi connectivity index (χ0n) is 20.5. The molecule has 3 rings (SSSR count). The maximum atomic E-state index is 13.6. The van der Waals surface area contributed by atoms with Crippen molar-refractivity contribution >= 4 is 51.1 Å². The molecule has 1 N–H and O–H groups in total. The van der Waals surface area contributed by atoms with Crippen LogP contribution in [0.4, 0.5) is 0 Å². The number of halogens is 2. The predicted molar refractivity (Wildman–Crippen MR) is 153 cm³/mol. The first-order valence-corrected chi connectivity index (χ1v) is 14.4. The fourth-order valence-electron chi connectivity index (χ4n) is 3.78. The lowest BCUT2D eigenvalue weighted by Gasteiger charge is -2.31. The Hall–Kier alpha value is -2.28. The number of nitrogens with one attached hydrogen (secondary N) is 1. The van der Waals surface area contributed by atoms with Crippen molar-refractivity contribution in [3.05, 3.63) is 99.5 Å². The van der Waals surface area contributed by atoms with Crippen LogP contribution in [-0.2, 0) is 22.6 Å². The molecule has 0 saturated heterocycles. The first-order chi connectivity index (χ1) is 17.5. The Morgan fingerprint density at radius 3 is 2.33 bits per heavy atom. The van der Waals surface area contributed by atoms with Gasteiger partial charge < -0.3 is 10.2 Å². The fourth-order valence-corrected chi connectivity index (χ4v) is 5.01. The average molecular weight is 588 g/mol. The summed E-state index contributed by atoms with van der Waals surface area (Å²) in [5, 5.41) is 3.75. The van der Waals surface area contributed by atoms with Gasteiger partial charge in [0.2, 0.25) is 11.8 Å². The van der Waals surface area contributed by atoms with Crippen LogP contribution in [0, 0.1) is 0 Å². The number of nitrogens with zero attached hydrogens (tertiary/aromatic N) is 1. The highest BCUT2D eigenvalue weighted by atomic mass is 79.9. The molecule has 2 amide bonds. The normalized spacial score (nSPS) is 11.6. The quantitative estimate of drug-likeness (QED) is 0.171. The maximum absolute atomic E-state index is 13.6. The van der Waals surface area contributed by atoms with E-state index in [2.05, 4.69) is 28.2 Å². The smallest absolute Gasteiger partial charge is 0.243 e. The van der Waals surface area contributed by atoms with Gasteiger partial charge in [-0.05, 0) is 53.9 Å². The molecule has 36 heavy (non-hydrogen) atoms. The molecule has 0 fully saturated rings. The maximum Gasteiger partial charge on any atom is 0.243 e. The fraction of sp³-hybridized carbons (Fsp3) is 0.310. The number of thioether (sulfide) groups is 1. The molecule has 3 aromatic rings. The highest BCUT2D eigenvalue weighted by molar-refractivity contribution is 9.10. The Bertz CT molecular complexity index is 1090. The molecule has 3 aromatic carbocycles. The number of hydrogen-bond acceptors (Lipinski definition) is 3. The summed E-state index contributed by atoms with van der Waals surface area (Å²) < 4.78 is 0.974. The Morgan fingerprint density at radius 1 is 0.972 bits per heavy atom. The second-order valence-electron chi connectivity index (χ2n) is 8.55. The summed E-state index contributed by atoms with van der Waals surface area (Å²) in [5.41, 5.74) is 2.01. The number of carbonyl (C=O) groups is 2. The van der Waals surface area contributed by atoms with Gasteiger partial charge in [0.25, 0.3) is 0 Å². The second-order valence-corrected chi connectivity index (χ2v) is 11.1. The lowest BCUT2D eigenvalue weighted by Crippen LogP contribution is -2.50. The summed E-state index contributed by atoms with van der Waals surface area (Å²) >= 11 is 11.1. The molecular formula is C29H32BrClN2O2S. The van der Waals surface area contributed by atoms with Gasteiger partial charge in [0, 0.05) is 46.1 Å². The van der Waals surface area contributed by atoms with Crippen LogP contribution >= 0.6 is 39.3 Å². The molecule has 0 aromatic heterocycles. The van der Waals surface area contributed by atoms with Crippen molar-refractivity contribution in [3.8, 4) is 0 Å². The summed E-state index contributed by atoms with van der Waals surface area (Å²) in [6, 6.07) is 24.8. The van der Waals surface area contributed by atoms with E-state index in [0.717, 1.165) is 33.3 Å². The lowest BCUT2D eigenvalue weighted by atomic mass is 10.0. The van der Waals surface area contributed by atoms with E-state index in [1.54, 1.807) is 16.7 Å². The van der Waals surface area contributed by atoms with E-state index >= 15 is 0 Å². The SMILES string of the molecule is CCCCNC(=O)C(Cc1ccccc1)N(Cc1ccc(Br)cc1)C(=O)CCSc1ccc(Cl)cc1. The van der Waals surface area contributed by atoms with Crippen LogP contribution in [0.1, 0.15) is 37.3 Å². The molecule has 0 spiro atoms. The van der Waals surface area contributed by atoms with Gasteiger partial charge in [0.15, 0.2) is 0 Å². The first-order valence-electron chi connectivity index (χ1n) is 12.2. The van der Waals surface area contributed by atoms with E-state index in [1.807, 2.05) is 78.9 Å². The van der Waals surface area contributed by atoms with Gasteiger partial charge in [-0.25, -0.2) is 0 Å². The molecule has 190 valence electrons. The molecule has 0 aliphatic heterocycles. The Kier molecular flexibility index (Phi) is 11.9.